The number of nitrogens with one attached hydrogen (secondary N) is 2. The van der Waals surface area contributed by atoms with Crippen LogP contribution in [0.25, 0.3) is 32.7 Å². The van der Waals surface area contributed by atoms with Gasteiger partial charge in [-0.25, -0.2) is 9.59 Å². The van der Waals surface area contributed by atoms with Gasteiger partial charge in [-0.05, 0) is 29.9 Å². The lowest BCUT2D eigenvalue weighted by molar-refractivity contribution is 0.0602. The molecule has 0 aromatic carbocycles. The number of hydrogen-bond acceptors (Lipinski definition) is 7. The van der Waals surface area contributed by atoms with Crippen LogP contribution >= 0.6 is 11.3 Å². The molecule has 1 saturated carbocycles. The Morgan fingerprint density at radius 2 is 2.13 bits per heavy atom. The molecule has 4 aromatic rings. The van der Waals surface area contributed by atoms with Gasteiger partial charge in [-0.15, -0.1) is 11.3 Å². The molecular formula is C20H18N4O5S. The van der Waals surface area contributed by atoms with Gasteiger partial charge in [0.15, 0.2) is 5.82 Å². The molecule has 30 heavy (non-hydrogen) atoms. The van der Waals surface area contributed by atoms with Crippen molar-refractivity contribution in [2.24, 2.45) is 0 Å². The summed E-state index contributed by atoms with van der Waals surface area (Å²) in [5.74, 6) is -0.789. The largest absolute Gasteiger partial charge is 0.465 e. The monoisotopic (exact) mass is 426 g/mol. The molecule has 0 atom stereocenters. The van der Waals surface area contributed by atoms with Gasteiger partial charge < -0.3 is 14.3 Å². The van der Waals surface area contributed by atoms with Crippen LogP contribution in [0.4, 0.5) is 0 Å². The van der Waals surface area contributed by atoms with Crippen LogP contribution in [0, 0.1) is 0 Å². The highest BCUT2D eigenvalue weighted by atomic mass is 32.1. The fourth-order valence-electron chi connectivity index (χ4n) is 4.20. The number of ether oxygens (including phenoxy) is 1. The zero-order valence-electron chi connectivity index (χ0n) is 16.1. The van der Waals surface area contributed by atoms with Crippen molar-refractivity contribution in [3.8, 4) is 21.8 Å². The quantitative estimate of drug-likeness (QED) is 0.483. The summed E-state index contributed by atoms with van der Waals surface area (Å²) in [7, 11) is 1.33. The van der Waals surface area contributed by atoms with Crippen LogP contribution < -0.4 is 11.3 Å². The molecular weight excluding hydrogens is 408 g/mol. The summed E-state index contributed by atoms with van der Waals surface area (Å²) in [5.41, 5.74) is 2.17. The minimum atomic E-state index is -0.628. The van der Waals surface area contributed by atoms with Crippen molar-refractivity contribution in [1.29, 1.82) is 0 Å². The molecule has 4 heterocycles. The summed E-state index contributed by atoms with van der Waals surface area (Å²) in [4.78, 5) is 42.5. The lowest BCUT2D eigenvalue weighted by atomic mass is 10.1. The van der Waals surface area contributed by atoms with E-state index in [1.54, 1.807) is 0 Å². The number of aromatic amines is 2. The summed E-state index contributed by atoms with van der Waals surface area (Å²) in [6.07, 6.45) is 7.57. The van der Waals surface area contributed by atoms with Gasteiger partial charge in [0.2, 0.25) is 0 Å². The minimum Gasteiger partial charge on any atom is -0.465 e. The number of pyridine rings is 1. The average Bonchev–Trinajstić information content (AvgIpc) is 3.51. The summed E-state index contributed by atoms with van der Waals surface area (Å²) < 4.78 is 11.6. The highest BCUT2D eigenvalue weighted by Crippen LogP contribution is 2.39. The summed E-state index contributed by atoms with van der Waals surface area (Å²) >= 11 is 1.38. The Hall–Kier alpha value is -3.40. The zero-order chi connectivity index (χ0) is 20.8. The second-order valence-electron chi connectivity index (χ2n) is 7.28. The molecule has 0 aliphatic heterocycles. The predicted octanol–water partition coefficient (Wildman–Crippen LogP) is 3.30. The van der Waals surface area contributed by atoms with Crippen LogP contribution in [0.3, 0.4) is 0 Å². The van der Waals surface area contributed by atoms with Gasteiger partial charge in [-0.3, -0.25) is 14.3 Å². The third kappa shape index (κ3) is 2.91. The number of esters is 1. The van der Waals surface area contributed by atoms with Gasteiger partial charge >= 0.3 is 11.7 Å². The second-order valence-corrected chi connectivity index (χ2v) is 8.19. The fourth-order valence-corrected chi connectivity index (χ4v) is 5.04. The van der Waals surface area contributed by atoms with Crippen molar-refractivity contribution < 1.29 is 14.1 Å². The van der Waals surface area contributed by atoms with E-state index in [2.05, 4.69) is 24.2 Å². The first-order valence-corrected chi connectivity index (χ1v) is 10.4. The first-order valence-electron chi connectivity index (χ1n) is 9.56. The highest BCUT2D eigenvalue weighted by Gasteiger charge is 2.26. The molecule has 0 unspecified atom stereocenters. The Morgan fingerprint density at radius 1 is 1.33 bits per heavy atom. The number of rotatable bonds is 4. The van der Waals surface area contributed by atoms with Crippen molar-refractivity contribution in [1.82, 2.24) is 19.7 Å². The Kier molecular flexibility index (Phi) is 4.43. The molecule has 154 valence electrons. The standard InChI is InChI=1S/C20H18N4O5S/c1-28-19(26)12-7-21-18(25)15-13(8-24(16(12)15)11-4-2-3-5-11)10-6-14(30-9-10)17-22-20(27)29-23-17/h6-9,11H,2-5H2,1H3,(H,21,25)(H,22,23,27). The average molecular weight is 426 g/mol. The number of hydrogen-bond donors (Lipinski definition) is 2. The summed E-state index contributed by atoms with van der Waals surface area (Å²) in [5, 5.41) is 6.06. The molecule has 1 aliphatic rings. The number of carbonyl (C=O) groups is 1. The van der Waals surface area contributed by atoms with Crippen LogP contribution in [0.5, 0.6) is 0 Å². The van der Waals surface area contributed by atoms with Crippen LogP contribution in [-0.4, -0.2) is 32.8 Å². The smallest absolute Gasteiger partial charge is 0.439 e. The fraction of sp³-hybridized carbons (Fsp3) is 0.300. The number of nitrogens with zero attached hydrogens (tertiary/aromatic N) is 2. The predicted molar refractivity (Wildman–Crippen MR) is 111 cm³/mol. The van der Waals surface area contributed by atoms with Crippen molar-refractivity contribution in [3.05, 3.63) is 50.3 Å². The van der Waals surface area contributed by atoms with Crippen LogP contribution in [0.15, 0.2) is 38.0 Å². The Labute approximate surface area is 173 Å². The van der Waals surface area contributed by atoms with Crippen molar-refractivity contribution >= 4 is 28.2 Å². The lowest BCUT2D eigenvalue weighted by Crippen LogP contribution is -2.14. The lowest BCUT2D eigenvalue weighted by Gasteiger charge is -2.14. The molecule has 1 aliphatic carbocycles. The molecule has 2 N–H and O–H groups in total. The van der Waals surface area contributed by atoms with E-state index in [0.29, 0.717) is 27.2 Å². The van der Waals surface area contributed by atoms with E-state index in [1.807, 2.05) is 17.6 Å². The molecule has 0 amide bonds. The summed E-state index contributed by atoms with van der Waals surface area (Å²) in [6, 6.07) is 2.06. The third-order valence-electron chi connectivity index (χ3n) is 5.57. The molecule has 0 spiro atoms. The Balaban J connectivity index is 1.75. The molecule has 10 heteroatoms. The first kappa shape index (κ1) is 18.6. The maximum absolute atomic E-state index is 12.9. The van der Waals surface area contributed by atoms with Gasteiger partial charge in [0.05, 0.1) is 22.9 Å². The minimum absolute atomic E-state index is 0.219. The molecule has 9 nitrogen and oxygen atoms in total. The van der Waals surface area contributed by atoms with E-state index in [0.717, 1.165) is 36.8 Å². The molecule has 4 aromatic heterocycles. The number of H-pyrrole nitrogens is 2. The van der Waals surface area contributed by atoms with Gasteiger partial charge in [0.25, 0.3) is 5.56 Å². The van der Waals surface area contributed by atoms with E-state index in [9.17, 15) is 14.4 Å². The van der Waals surface area contributed by atoms with Crippen molar-refractivity contribution in [2.45, 2.75) is 31.7 Å². The number of aromatic nitrogens is 4. The zero-order valence-corrected chi connectivity index (χ0v) is 16.9. The van der Waals surface area contributed by atoms with Crippen LogP contribution in [0.1, 0.15) is 42.1 Å². The van der Waals surface area contributed by atoms with E-state index >= 15 is 0 Å². The molecule has 0 saturated heterocycles. The van der Waals surface area contributed by atoms with Gasteiger partial charge in [0.1, 0.15) is 5.56 Å². The number of methoxy groups -OCH3 is 1. The van der Waals surface area contributed by atoms with E-state index in [4.69, 9.17) is 4.74 Å². The molecule has 0 radical (unpaired) electrons. The summed E-state index contributed by atoms with van der Waals surface area (Å²) in [6.45, 7) is 0. The van der Waals surface area contributed by atoms with Crippen LogP contribution in [-0.2, 0) is 4.74 Å². The van der Waals surface area contributed by atoms with E-state index in [1.165, 1.54) is 24.6 Å². The van der Waals surface area contributed by atoms with Gasteiger partial charge in [0, 0.05) is 24.0 Å². The Bertz CT molecular complexity index is 1370. The Morgan fingerprint density at radius 3 is 2.83 bits per heavy atom. The number of fused-ring (bicyclic) bond motifs is 1. The van der Waals surface area contributed by atoms with Gasteiger partial charge in [-0.2, -0.15) is 0 Å². The molecule has 5 rings (SSSR count). The molecule has 1 fully saturated rings. The maximum Gasteiger partial charge on any atom is 0.439 e. The number of thiophene rings is 1. The topological polar surface area (TPSA) is 123 Å². The van der Waals surface area contributed by atoms with E-state index < -0.39 is 11.7 Å². The normalized spacial score (nSPS) is 14.6. The third-order valence-corrected chi connectivity index (χ3v) is 6.51. The molecule has 0 bridgehead atoms. The SMILES string of the molecule is COC(=O)c1c[nH]c(=O)c2c(-c3csc(-c4noc(=O)[nH]4)c3)cn(C3CCCC3)c12. The number of carbonyl (C=O) groups excluding carboxylic acids is 1. The van der Waals surface area contributed by atoms with Crippen molar-refractivity contribution in [2.75, 3.05) is 7.11 Å². The van der Waals surface area contributed by atoms with Gasteiger partial charge in [-0.1, -0.05) is 18.0 Å². The first-order chi connectivity index (χ1) is 14.6. The van der Waals surface area contributed by atoms with Crippen molar-refractivity contribution in [3.63, 3.8) is 0 Å². The maximum atomic E-state index is 12.9. The highest BCUT2D eigenvalue weighted by molar-refractivity contribution is 7.13. The van der Waals surface area contributed by atoms with Crippen LogP contribution in [0.2, 0.25) is 0 Å². The second kappa shape index (κ2) is 7.13. The van der Waals surface area contributed by atoms with E-state index in [-0.39, 0.29) is 11.6 Å².